The summed E-state index contributed by atoms with van der Waals surface area (Å²) in [5, 5.41) is 0. The highest BCUT2D eigenvalue weighted by atomic mass is 32.1. The maximum Gasteiger partial charge on any atom is 0.333 e. The van der Waals surface area contributed by atoms with Gasteiger partial charge in [-0.2, -0.15) is 0 Å². The molecule has 104 valence electrons. The second kappa shape index (κ2) is 7.92. The van der Waals surface area contributed by atoms with Gasteiger partial charge < -0.3 is 14.1 Å². The summed E-state index contributed by atoms with van der Waals surface area (Å²) in [6.07, 6.45) is 0.226. The third-order valence-corrected chi connectivity index (χ3v) is 3.61. The van der Waals surface area contributed by atoms with Crippen molar-refractivity contribution in [1.29, 1.82) is 0 Å². The Labute approximate surface area is 115 Å². The van der Waals surface area contributed by atoms with Crippen LogP contribution in [0.3, 0.4) is 0 Å². The van der Waals surface area contributed by atoms with Crippen LogP contribution in [-0.4, -0.2) is 56.4 Å². The van der Waals surface area contributed by atoms with Crippen molar-refractivity contribution in [3.8, 4) is 0 Å². The average molecular weight is 294 g/mol. The maximum absolute atomic E-state index is 11.9. The molecule has 0 rings (SSSR count). The van der Waals surface area contributed by atoms with Crippen molar-refractivity contribution in [2.75, 3.05) is 40.5 Å². The number of hydrogen-bond donors (Lipinski definition) is 1. The summed E-state index contributed by atoms with van der Waals surface area (Å²) in [4.78, 5) is 23.0. The highest BCUT2D eigenvalue weighted by Crippen LogP contribution is 2.17. The summed E-state index contributed by atoms with van der Waals surface area (Å²) in [6.45, 7) is 5.60. The predicted octanol–water partition coefficient (Wildman–Crippen LogP) is 0.560. The Kier molecular flexibility index (Phi) is 7.75. The first kappa shape index (κ1) is 17.6. The largest absolute Gasteiger partial charge is 0.628 e. The number of quaternary nitrogens is 1. The molecule has 0 aromatic carbocycles. The molecule has 0 saturated carbocycles. The highest BCUT2D eigenvalue weighted by Gasteiger charge is 2.20. The van der Waals surface area contributed by atoms with E-state index in [1.165, 1.54) is 0 Å². The fourth-order valence-corrected chi connectivity index (χ4v) is 2.54. The molecule has 0 radical (unpaired) electrons. The number of carbonyl (C=O) groups is 1. The molecule has 0 bridgehead atoms. The van der Waals surface area contributed by atoms with Crippen molar-refractivity contribution in [3.05, 3.63) is 12.2 Å². The summed E-state index contributed by atoms with van der Waals surface area (Å²) >= 11 is 3.71. The Morgan fingerprint density at radius 3 is 2.39 bits per heavy atom. The van der Waals surface area contributed by atoms with Crippen molar-refractivity contribution in [2.45, 2.75) is 6.92 Å². The van der Waals surface area contributed by atoms with E-state index in [2.05, 4.69) is 19.5 Å². The van der Waals surface area contributed by atoms with Crippen LogP contribution in [0, 0.1) is 0 Å². The van der Waals surface area contributed by atoms with Gasteiger partial charge in [0.15, 0.2) is 6.54 Å². The van der Waals surface area contributed by atoms with E-state index in [-0.39, 0.29) is 12.8 Å². The number of rotatable bonds is 7. The number of nitrogens with zero attached hydrogens (tertiary/aromatic N) is 1. The molecule has 0 N–H and O–H groups in total. The maximum atomic E-state index is 11.9. The Hall–Kier alpha value is -0.390. The lowest BCUT2D eigenvalue weighted by Gasteiger charge is -2.22. The van der Waals surface area contributed by atoms with Crippen LogP contribution < -0.4 is 4.89 Å². The van der Waals surface area contributed by atoms with Crippen LogP contribution in [0.15, 0.2) is 12.2 Å². The van der Waals surface area contributed by atoms with Crippen molar-refractivity contribution in [2.24, 2.45) is 0 Å². The van der Waals surface area contributed by atoms with Gasteiger partial charge in [-0.05, 0) is 19.8 Å². The summed E-state index contributed by atoms with van der Waals surface area (Å²) in [6, 6.07) is 0. The lowest BCUT2D eigenvalue weighted by molar-refractivity contribution is -0.861. The molecule has 1 atom stereocenters. The number of thiol groups is 1. The Balaban J connectivity index is 4.37. The molecule has 0 spiro atoms. The van der Waals surface area contributed by atoms with Gasteiger partial charge in [0.2, 0.25) is 0 Å². The van der Waals surface area contributed by atoms with E-state index >= 15 is 0 Å². The van der Waals surface area contributed by atoms with Crippen molar-refractivity contribution < 1.29 is 23.1 Å². The molecular formula is C11H21NO4PS+. The molecular weight excluding hydrogens is 273 g/mol. The monoisotopic (exact) mass is 294 g/mol. The van der Waals surface area contributed by atoms with E-state index < -0.39 is 13.7 Å². The number of likely N-dealkylation sites (N-methyl/N-ethyl adjacent to an activating group) is 1. The summed E-state index contributed by atoms with van der Waals surface area (Å²) < 4.78 is 10.3. The molecule has 0 heterocycles. The van der Waals surface area contributed by atoms with Crippen molar-refractivity contribution in [1.82, 2.24) is 0 Å². The molecule has 5 nitrogen and oxygen atoms in total. The van der Waals surface area contributed by atoms with Crippen LogP contribution in [0.25, 0.3) is 0 Å². The van der Waals surface area contributed by atoms with Crippen LogP contribution in [0.5, 0.6) is 0 Å². The van der Waals surface area contributed by atoms with Gasteiger partial charge in [0.05, 0.1) is 28.9 Å². The Bertz CT molecular complexity index is 349. The molecule has 0 aliphatic carbocycles. The number of carbonyl (C=O) groups excluding carboxylic acids is 1. The Morgan fingerprint density at radius 2 is 2.00 bits per heavy atom. The van der Waals surface area contributed by atoms with Gasteiger partial charge in [0.1, 0.15) is 12.8 Å². The van der Waals surface area contributed by atoms with Gasteiger partial charge in [-0.15, -0.1) is 0 Å². The van der Waals surface area contributed by atoms with E-state index in [1.807, 2.05) is 21.1 Å². The zero-order valence-corrected chi connectivity index (χ0v) is 13.1. The van der Waals surface area contributed by atoms with E-state index in [9.17, 15) is 9.69 Å². The lowest BCUT2D eigenvalue weighted by Crippen LogP contribution is -2.40. The number of ether oxygens (including phenoxy) is 1. The molecule has 0 aliphatic heterocycles. The summed E-state index contributed by atoms with van der Waals surface area (Å²) in [5.41, 5.74) is 0.735. The van der Waals surface area contributed by atoms with Crippen molar-refractivity contribution >= 4 is 32.1 Å². The molecule has 18 heavy (non-hydrogen) atoms. The first-order valence-electron chi connectivity index (χ1n) is 5.42. The fourth-order valence-electron chi connectivity index (χ4n) is 1.03. The molecule has 1 unspecified atom stereocenters. The quantitative estimate of drug-likeness (QED) is 0.186. The predicted molar refractivity (Wildman–Crippen MR) is 75.5 cm³/mol. The van der Waals surface area contributed by atoms with E-state index in [1.54, 1.807) is 6.92 Å². The van der Waals surface area contributed by atoms with Gasteiger partial charge >= 0.3 is 5.97 Å². The van der Waals surface area contributed by atoms with Gasteiger partial charge in [0.25, 0.3) is 5.48 Å². The molecule has 0 fully saturated rings. The van der Waals surface area contributed by atoms with Gasteiger partial charge in [0, 0.05) is 5.57 Å². The standard InChI is InChI=1S/C11H20NO4PS/c1-9(2)11(13)15-6-7-17(14)10(16-18)8-12(3,4)5/h1,6-8H2,2-5H3/p+1. The molecule has 0 saturated heterocycles. The zero-order valence-electron chi connectivity index (χ0n) is 11.3. The minimum Gasteiger partial charge on any atom is -0.628 e. The van der Waals surface area contributed by atoms with Gasteiger partial charge in [-0.3, -0.25) is 0 Å². The van der Waals surface area contributed by atoms with Crippen LogP contribution >= 0.6 is 20.7 Å². The first-order valence-corrected chi connectivity index (χ1v) is 7.23. The van der Waals surface area contributed by atoms with Crippen LogP contribution in [0.1, 0.15) is 6.92 Å². The van der Waals surface area contributed by atoms with Crippen molar-refractivity contribution in [3.63, 3.8) is 0 Å². The third-order valence-electron chi connectivity index (χ3n) is 1.87. The molecule has 0 aliphatic rings. The minimum absolute atomic E-state index is 0.0820. The lowest BCUT2D eigenvalue weighted by atomic mass is 10.4. The van der Waals surface area contributed by atoms with E-state index in [0.717, 1.165) is 0 Å². The average Bonchev–Trinajstić information content (AvgIpc) is 2.23. The van der Waals surface area contributed by atoms with Crippen LogP contribution in [-0.2, 0) is 13.7 Å². The number of hydrogen-bond acceptors (Lipinski definition) is 5. The second-order valence-electron chi connectivity index (χ2n) is 4.95. The first-order chi connectivity index (χ1) is 8.17. The van der Waals surface area contributed by atoms with E-state index in [4.69, 9.17) is 8.92 Å². The van der Waals surface area contributed by atoms with Gasteiger partial charge in [-0.1, -0.05) is 6.58 Å². The zero-order chi connectivity index (χ0) is 14.3. The number of esters is 1. The third kappa shape index (κ3) is 7.84. The Morgan fingerprint density at radius 1 is 1.44 bits per heavy atom. The fraction of sp³-hybridized carbons (Fsp3) is 0.636. The van der Waals surface area contributed by atoms with Crippen LogP contribution in [0.2, 0.25) is 0 Å². The van der Waals surface area contributed by atoms with Gasteiger partial charge in [-0.25, -0.2) is 8.98 Å². The molecule has 0 aromatic heterocycles. The molecule has 7 heteroatoms. The SMILES string of the molecule is C=C(C)C(=O)OCC[P+]([O-])=C(C[N+](C)(C)C)OS. The molecule has 0 aromatic rings. The normalized spacial score (nSPS) is 13.0. The highest BCUT2D eigenvalue weighted by molar-refractivity contribution is 7.76. The second-order valence-corrected chi connectivity index (χ2v) is 6.84. The smallest absolute Gasteiger partial charge is 0.333 e. The topological polar surface area (TPSA) is 58.6 Å². The summed E-state index contributed by atoms with van der Waals surface area (Å²) in [5.74, 6) is -0.474. The van der Waals surface area contributed by atoms with E-state index in [0.29, 0.717) is 22.1 Å². The molecule has 0 amide bonds. The summed E-state index contributed by atoms with van der Waals surface area (Å²) in [7, 11) is 4.15. The minimum atomic E-state index is -1.71. The van der Waals surface area contributed by atoms with Crippen LogP contribution in [0.4, 0.5) is 0 Å².